The third-order valence-corrected chi connectivity index (χ3v) is 8.54. The number of aliphatic hydroxyl groups excluding tert-OH is 7. The summed E-state index contributed by atoms with van der Waals surface area (Å²) in [6.45, 7) is -1.47. The highest BCUT2D eigenvalue weighted by molar-refractivity contribution is 7.17. The van der Waals surface area contributed by atoms with Gasteiger partial charge in [-0.3, -0.25) is 4.79 Å². The van der Waals surface area contributed by atoms with Crippen molar-refractivity contribution in [3.8, 4) is 11.5 Å². The van der Waals surface area contributed by atoms with Gasteiger partial charge in [0.2, 0.25) is 6.29 Å². The fourth-order valence-electron chi connectivity index (χ4n) is 5.23. The number of aryl methyl sites for hydroxylation is 1. The number of hydrogen-bond donors (Lipinski definition) is 8. The molecule has 2 saturated heterocycles. The molecule has 0 amide bonds. The van der Waals surface area contributed by atoms with Gasteiger partial charge in [-0.05, 0) is 47.0 Å². The van der Waals surface area contributed by atoms with E-state index < -0.39 is 80.4 Å². The predicted molar refractivity (Wildman–Crippen MR) is 150 cm³/mol. The molecule has 3 heterocycles. The Bertz CT molecular complexity index is 1390. The summed E-state index contributed by atoms with van der Waals surface area (Å²) in [6, 6.07) is 12.0. The zero-order valence-electron chi connectivity index (χ0n) is 22.7. The zero-order valence-corrected chi connectivity index (χ0v) is 23.6. The molecule has 13 nitrogen and oxygen atoms in total. The Labute approximate surface area is 249 Å². The number of carbonyl (C=O) groups excluding carboxylic acids is 1. The fourth-order valence-corrected chi connectivity index (χ4v) is 6.00. The van der Waals surface area contributed by atoms with Crippen LogP contribution in [0.25, 0.3) is 10.1 Å². The van der Waals surface area contributed by atoms with Crippen LogP contribution in [-0.4, -0.2) is 121 Å². The van der Waals surface area contributed by atoms with Crippen LogP contribution in [0.2, 0.25) is 0 Å². The minimum absolute atomic E-state index is 0.0363. The molecule has 0 bridgehead atoms. The van der Waals surface area contributed by atoms with Crippen LogP contribution < -0.4 is 4.74 Å². The minimum atomic E-state index is -1.82. The van der Waals surface area contributed by atoms with Crippen molar-refractivity contribution in [2.75, 3.05) is 13.2 Å². The molecule has 0 radical (unpaired) electrons. The Hall–Kier alpha value is -2.73. The van der Waals surface area contributed by atoms with Crippen molar-refractivity contribution < 1.29 is 64.6 Å². The highest BCUT2D eigenvalue weighted by atomic mass is 32.1. The summed E-state index contributed by atoms with van der Waals surface area (Å²) in [6.07, 6.45) is -15.9. The molecule has 2 aliphatic heterocycles. The van der Waals surface area contributed by atoms with Crippen LogP contribution in [0.4, 0.5) is 0 Å². The molecular weight excluding hydrogens is 588 g/mol. The SMILES string of the molecule is O=C(CCc1ccc2sccc2c1)c1c(O)cccc1O[C@@H]1O[C@H](CO)[C@@H](O[C@@H]2O[C@H](CO)[C@@H](O)[C@H](O)[C@H]2O)[C@H](O)[C@H]1O. The Morgan fingerprint density at radius 2 is 1.56 bits per heavy atom. The summed E-state index contributed by atoms with van der Waals surface area (Å²) in [7, 11) is 0. The average Bonchev–Trinajstić information content (AvgIpc) is 3.47. The average molecular weight is 623 g/mol. The number of carbonyl (C=O) groups is 1. The largest absolute Gasteiger partial charge is 0.507 e. The number of ketones is 1. The summed E-state index contributed by atoms with van der Waals surface area (Å²) < 4.78 is 23.4. The van der Waals surface area contributed by atoms with Crippen LogP contribution >= 0.6 is 11.3 Å². The second-order valence-electron chi connectivity index (χ2n) is 10.5. The fraction of sp³-hybridized carbons (Fsp3) is 0.483. The lowest BCUT2D eigenvalue weighted by Crippen LogP contribution is -2.65. The Balaban J connectivity index is 1.28. The maximum absolute atomic E-state index is 13.2. The quantitative estimate of drug-likeness (QED) is 0.133. The normalized spacial score (nSPS) is 33.0. The molecule has 10 atom stereocenters. The smallest absolute Gasteiger partial charge is 0.229 e. The summed E-state index contributed by atoms with van der Waals surface area (Å²) in [5, 5.41) is 85.0. The van der Waals surface area contributed by atoms with Crippen molar-refractivity contribution in [3.05, 3.63) is 59.0 Å². The lowest BCUT2D eigenvalue weighted by molar-refractivity contribution is -0.352. The number of phenols is 1. The first-order valence-corrected chi connectivity index (χ1v) is 14.6. The van der Waals surface area contributed by atoms with E-state index >= 15 is 0 Å². The number of aliphatic hydroxyl groups is 7. The molecule has 0 spiro atoms. The summed E-state index contributed by atoms with van der Waals surface area (Å²) >= 11 is 1.61. The number of benzene rings is 2. The third-order valence-electron chi connectivity index (χ3n) is 7.64. The van der Waals surface area contributed by atoms with Crippen molar-refractivity contribution >= 4 is 27.2 Å². The van der Waals surface area contributed by atoms with Gasteiger partial charge >= 0.3 is 0 Å². The molecule has 0 aliphatic carbocycles. The first kappa shape index (κ1) is 31.7. The minimum Gasteiger partial charge on any atom is -0.507 e. The number of fused-ring (bicyclic) bond motifs is 1. The Kier molecular flexibility index (Phi) is 9.95. The van der Waals surface area contributed by atoms with Gasteiger partial charge in [-0.1, -0.05) is 18.2 Å². The van der Waals surface area contributed by atoms with Crippen LogP contribution in [0, 0.1) is 0 Å². The van der Waals surface area contributed by atoms with Crippen molar-refractivity contribution in [3.63, 3.8) is 0 Å². The highest BCUT2D eigenvalue weighted by Gasteiger charge is 2.51. The lowest BCUT2D eigenvalue weighted by atomic mass is 9.97. The molecule has 8 N–H and O–H groups in total. The van der Waals surface area contributed by atoms with Gasteiger partial charge in [0.1, 0.15) is 65.9 Å². The maximum atomic E-state index is 13.2. The van der Waals surface area contributed by atoms with Crippen molar-refractivity contribution in [1.82, 2.24) is 0 Å². The van der Waals surface area contributed by atoms with Crippen LogP contribution in [0.15, 0.2) is 47.8 Å². The Morgan fingerprint density at radius 3 is 2.30 bits per heavy atom. The molecule has 2 fully saturated rings. The van der Waals surface area contributed by atoms with E-state index in [0.29, 0.717) is 6.42 Å². The molecule has 1 aromatic heterocycles. The van der Waals surface area contributed by atoms with E-state index in [-0.39, 0.29) is 23.5 Å². The molecule has 14 heteroatoms. The number of thiophene rings is 1. The first-order valence-electron chi connectivity index (χ1n) is 13.7. The molecule has 2 aliphatic rings. The summed E-state index contributed by atoms with van der Waals surface area (Å²) in [5.41, 5.74) is 0.784. The number of phenolic OH excluding ortho intramolecular Hbond substituents is 1. The molecule has 2 aromatic carbocycles. The van der Waals surface area contributed by atoms with Gasteiger partial charge in [0.25, 0.3) is 0 Å². The number of hydrogen-bond acceptors (Lipinski definition) is 14. The molecule has 0 saturated carbocycles. The number of Topliss-reactive ketones (excluding diaryl/α,β-unsaturated/α-hetero) is 1. The van der Waals surface area contributed by atoms with E-state index in [0.717, 1.165) is 15.6 Å². The second-order valence-corrected chi connectivity index (χ2v) is 11.4. The monoisotopic (exact) mass is 622 g/mol. The van der Waals surface area contributed by atoms with Crippen LogP contribution in [0.1, 0.15) is 22.3 Å². The first-order chi connectivity index (χ1) is 20.6. The van der Waals surface area contributed by atoms with E-state index in [1.165, 1.54) is 18.2 Å². The van der Waals surface area contributed by atoms with Gasteiger partial charge in [-0.25, -0.2) is 0 Å². The number of ether oxygens (including phenoxy) is 4. The van der Waals surface area contributed by atoms with E-state index in [1.807, 2.05) is 29.6 Å². The highest BCUT2D eigenvalue weighted by Crippen LogP contribution is 2.34. The van der Waals surface area contributed by atoms with Gasteiger partial charge in [0.05, 0.1) is 13.2 Å². The number of aromatic hydroxyl groups is 1. The summed E-state index contributed by atoms with van der Waals surface area (Å²) in [5.74, 6) is -0.921. The van der Waals surface area contributed by atoms with Gasteiger partial charge in [0.15, 0.2) is 12.1 Å². The van der Waals surface area contributed by atoms with Crippen molar-refractivity contribution in [2.24, 2.45) is 0 Å². The zero-order chi connectivity index (χ0) is 30.8. The van der Waals surface area contributed by atoms with Gasteiger partial charge in [-0.15, -0.1) is 11.3 Å². The number of rotatable bonds is 10. The second kappa shape index (κ2) is 13.5. The Morgan fingerprint density at radius 1 is 0.837 bits per heavy atom. The third kappa shape index (κ3) is 6.55. The predicted octanol–water partition coefficient (Wildman–Crippen LogP) is -0.575. The molecule has 0 unspecified atom stereocenters. The molecular formula is C29H34O13S. The van der Waals surface area contributed by atoms with Crippen LogP contribution in [0.5, 0.6) is 11.5 Å². The van der Waals surface area contributed by atoms with Gasteiger partial charge in [-0.2, -0.15) is 0 Å². The van der Waals surface area contributed by atoms with E-state index in [9.17, 15) is 45.6 Å². The van der Waals surface area contributed by atoms with Crippen molar-refractivity contribution in [2.45, 2.75) is 74.3 Å². The van der Waals surface area contributed by atoms with E-state index in [1.54, 1.807) is 11.3 Å². The van der Waals surface area contributed by atoms with E-state index in [2.05, 4.69) is 0 Å². The maximum Gasteiger partial charge on any atom is 0.229 e. The molecule has 5 rings (SSSR count). The van der Waals surface area contributed by atoms with Gasteiger partial charge in [0, 0.05) is 11.1 Å². The van der Waals surface area contributed by atoms with Crippen molar-refractivity contribution in [1.29, 1.82) is 0 Å². The van der Waals surface area contributed by atoms with E-state index in [4.69, 9.17) is 18.9 Å². The molecule has 43 heavy (non-hydrogen) atoms. The van der Waals surface area contributed by atoms with Crippen LogP contribution in [-0.2, 0) is 20.6 Å². The van der Waals surface area contributed by atoms with Gasteiger partial charge < -0.3 is 59.8 Å². The molecule has 3 aromatic rings. The lowest BCUT2D eigenvalue weighted by Gasteiger charge is -2.45. The molecule has 234 valence electrons. The topological polar surface area (TPSA) is 216 Å². The summed E-state index contributed by atoms with van der Waals surface area (Å²) in [4.78, 5) is 13.2. The van der Waals surface area contributed by atoms with Crippen LogP contribution in [0.3, 0.4) is 0 Å². The standard InChI is InChI=1S/C29H34O13S/c30-11-18-22(34)23(35)25(37)29(40-18)42-27-19(12-31)41-28(26(38)24(27)36)39-17-3-1-2-15(32)21(17)16(33)6-4-13-5-7-20-14(10-13)8-9-43-20/h1-3,5,7-10,18-19,22-32,34-38H,4,6,11-12H2/t18-,19-,22-,23+,24-,25-,26-,27-,28-,29+/m1/s1.